The van der Waals surface area contributed by atoms with Crippen molar-refractivity contribution in [3.8, 4) is 0 Å². The lowest BCUT2D eigenvalue weighted by Crippen LogP contribution is -2.41. The third-order valence-electron chi connectivity index (χ3n) is 5.86. The van der Waals surface area contributed by atoms with Crippen molar-refractivity contribution in [2.45, 2.75) is 39.0 Å². The second-order valence-corrected chi connectivity index (χ2v) is 7.77. The van der Waals surface area contributed by atoms with E-state index in [4.69, 9.17) is 0 Å². The van der Waals surface area contributed by atoms with Crippen LogP contribution in [0.5, 0.6) is 0 Å². The first kappa shape index (κ1) is 17.0. The van der Waals surface area contributed by atoms with Gasteiger partial charge in [0, 0.05) is 38.5 Å². The lowest BCUT2D eigenvalue weighted by molar-refractivity contribution is -0.137. The maximum absolute atomic E-state index is 12.7. The molecule has 1 spiro atoms. The third kappa shape index (κ3) is 3.19. The zero-order valence-electron chi connectivity index (χ0n) is 15.0. The first-order valence-corrected chi connectivity index (χ1v) is 8.96. The van der Waals surface area contributed by atoms with E-state index in [1.54, 1.807) is 4.90 Å². The molecule has 2 atom stereocenters. The minimum absolute atomic E-state index is 0.0181. The lowest BCUT2D eigenvalue weighted by Gasteiger charge is -2.32. The molecule has 1 aromatic carbocycles. The number of hydrogen-bond donors (Lipinski definition) is 0. The van der Waals surface area contributed by atoms with E-state index in [9.17, 15) is 9.59 Å². The van der Waals surface area contributed by atoms with Crippen molar-refractivity contribution in [3.05, 3.63) is 35.4 Å². The molecule has 1 aliphatic heterocycles. The van der Waals surface area contributed by atoms with E-state index >= 15 is 0 Å². The Balaban J connectivity index is 1.66. The number of amides is 2. The highest BCUT2D eigenvalue weighted by Gasteiger charge is 2.51. The van der Waals surface area contributed by atoms with Gasteiger partial charge in [-0.25, -0.2) is 0 Å². The van der Waals surface area contributed by atoms with Gasteiger partial charge in [-0.2, -0.15) is 0 Å². The van der Waals surface area contributed by atoms with Crippen LogP contribution < -0.4 is 0 Å². The van der Waals surface area contributed by atoms with Gasteiger partial charge in [-0.3, -0.25) is 9.59 Å². The Kier molecular flexibility index (Phi) is 4.66. The fourth-order valence-corrected chi connectivity index (χ4v) is 4.43. The Morgan fingerprint density at radius 2 is 1.92 bits per heavy atom. The summed E-state index contributed by atoms with van der Waals surface area (Å²) in [5.41, 5.74) is 2.30. The molecule has 2 amide bonds. The van der Waals surface area contributed by atoms with Crippen molar-refractivity contribution in [1.82, 2.24) is 9.80 Å². The highest BCUT2D eigenvalue weighted by molar-refractivity contribution is 5.81. The second-order valence-electron chi connectivity index (χ2n) is 7.77. The van der Waals surface area contributed by atoms with Gasteiger partial charge in [0.2, 0.25) is 11.8 Å². The van der Waals surface area contributed by atoms with Crippen LogP contribution in [0, 0.1) is 18.3 Å². The number of hydrogen-bond acceptors (Lipinski definition) is 2. The molecule has 2 unspecified atom stereocenters. The van der Waals surface area contributed by atoms with Gasteiger partial charge < -0.3 is 9.80 Å². The fourth-order valence-electron chi connectivity index (χ4n) is 4.43. The van der Waals surface area contributed by atoms with Crippen molar-refractivity contribution in [2.24, 2.45) is 11.3 Å². The standard InChI is InChI=1S/C20H28N2O2/c1-15-6-8-16(9-7-15)13-18(23)22-12-11-20(14-22)10-4-5-17(20)19(24)21(2)3/h6-9,17H,4-5,10-14H2,1-3H3. The minimum atomic E-state index is 0.0181. The number of nitrogens with zero attached hydrogens (tertiary/aromatic N) is 2. The van der Waals surface area contributed by atoms with Crippen LogP contribution >= 0.6 is 0 Å². The van der Waals surface area contributed by atoms with Gasteiger partial charge in [0.05, 0.1) is 6.42 Å². The third-order valence-corrected chi connectivity index (χ3v) is 5.86. The molecule has 2 aliphatic rings. The largest absolute Gasteiger partial charge is 0.349 e. The summed E-state index contributed by atoms with van der Waals surface area (Å²) in [6.45, 7) is 3.60. The van der Waals surface area contributed by atoms with E-state index in [2.05, 4.69) is 19.1 Å². The molecule has 2 fully saturated rings. The van der Waals surface area contributed by atoms with E-state index in [-0.39, 0.29) is 23.1 Å². The summed E-state index contributed by atoms with van der Waals surface area (Å²) in [4.78, 5) is 28.9. The van der Waals surface area contributed by atoms with Crippen molar-refractivity contribution >= 4 is 11.8 Å². The molecular formula is C20H28N2O2. The highest BCUT2D eigenvalue weighted by atomic mass is 16.2. The monoisotopic (exact) mass is 328 g/mol. The van der Waals surface area contributed by atoms with Gasteiger partial charge in [0.25, 0.3) is 0 Å². The molecule has 130 valence electrons. The van der Waals surface area contributed by atoms with Crippen molar-refractivity contribution < 1.29 is 9.59 Å². The van der Waals surface area contributed by atoms with Gasteiger partial charge in [0.1, 0.15) is 0 Å². The number of carbonyl (C=O) groups is 2. The zero-order chi connectivity index (χ0) is 17.3. The van der Waals surface area contributed by atoms with E-state index in [0.717, 1.165) is 44.3 Å². The molecule has 1 heterocycles. The van der Waals surface area contributed by atoms with Crippen LogP contribution in [0.25, 0.3) is 0 Å². The molecule has 24 heavy (non-hydrogen) atoms. The van der Waals surface area contributed by atoms with Crippen LogP contribution in [0.1, 0.15) is 36.8 Å². The Hall–Kier alpha value is -1.84. The van der Waals surface area contributed by atoms with E-state index in [1.807, 2.05) is 31.1 Å². The van der Waals surface area contributed by atoms with Crippen LogP contribution in [0.15, 0.2) is 24.3 Å². The quantitative estimate of drug-likeness (QED) is 0.856. The van der Waals surface area contributed by atoms with Crippen LogP contribution in [0.4, 0.5) is 0 Å². The summed E-state index contributed by atoms with van der Waals surface area (Å²) >= 11 is 0. The van der Waals surface area contributed by atoms with Crippen molar-refractivity contribution in [3.63, 3.8) is 0 Å². The Labute approximate surface area is 144 Å². The minimum Gasteiger partial charge on any atom is -0.349 e. The Bertz CT molecular complexity index is 623. The number of likely N-dealkylation sites (tertiary alicyclic amines) is 1. The molecule has 1 aromatic rings. The molecule has 0 N–H and O–H groups in total. The zero-order valence-corrected chi connectivity index (χ0v) is 15.0. The fraction of sp³-hybridized carbons (Fsp3) is 0.600. The maximum atomic E-state index is 12.7. The topological polar surface area (TPSA) is 40.6 Å². The number of aryl methyl sites for hydroxylation is 1. The van der Waals surface area contributed by atoms with Crippen molar-refractivity contribution in [2.75, 3.05) is 27.2 Å². The van der Waals surface area contributed by atoms with Gasteiger partial charge in [-0.15, -0.1) is 0 Å². The summed E-state index contributed by atoms with van der Waals surface area (Å²) in [6, 6.07) is 8.17. The first-order chi connectivity index (χ1) is 11.4. The van der Waals surface area contributed by atoms with E-state index < -0.39 is 0 Å². The summed E-state index contributed by atoms with van der Waals surface area (Å²) in [5, 5.41) is 0. The average molecular weight is 328 g/mol. The molecule has 1 saturated heterocycles. The number of rotatable bonds is 3. The smallest absolute Gasteiger partial charge is 0.227 e. The number of carbonyl (C=O) groups excluding carboxylic acids is 2. The van der Waals surface area contributed by atoms with E-state index in [1.165, 1.54) is 5.56 Å². The van der Waals surface area contributed by atoms with Gasteiger partial charge in [0.15, 0.2) is 0 Å². The van der Waals surface area contributed by atoms with Gasteiger partial charge in [-0.05, 0) is 31.7 Å². The summed E-state index contributed by atoms with van der Waals surface area (Å²) in [6.07, 6.45) is 4.58. The molecule has 3 rings (SSSR count). The molecule has 0 aromatic heterocycles. The van der Waals surface area contributed by atoms with Crippen molar-refractivity contribution in [1.29, 1.82) is 0 Å². The summed E-state index contributed by atoms with van der Waals surface area (Å²) < 4.78 is 0. The average Bonchev–Trinajstić information content (AvgIpc) is 3.16. The molecule has 1 saturated carbocycles. The normalized spacial score (nSPS) is 26.1. The van der Waals surface area contributed by atoms with Gasteiger partial charge >= 0.3 is 0 Å². The SMILES string of the molecule is Cc1ccc(CC(=O)N2CCC3(CCCC3C(=O)N(C)C)C2)cc1. The van der Waals surface area contributed by atoms with Gasteiger partial charge in [-0.1, -0.05) is 36.2 Å². The number of benzene rings is 1. The first-order valence-electron chi connectivity index (χ1n) is 8.96. The second kappa shape index (κ2) is 6.58. The molecule has 4 nitrogen and oxygen atoms in total. The van der Waals surface area contributed by atoms with Crippen LogP contribution in [-0.2, 0) is 16.0 Å². The van der Waals surface area contributed by atoms with Crippen LogP contribution in [-0.4, -0.2) is 48.8 Å². The molecule has 0 radical (unpaired) electrons. The molecule has 0 bridgehead atoms. The summed E-state index contributed by atoms with van der Waals surface area (Å²) in [7, 11) is 3.67. The van der Waals surface area contributed by atoms with Crippen LogP contribution in [0.3, 0.4) is 0 Å². The predicted octanol–water partition coefficient (Wildman–Crippen LogP) is 2.64. The lowest BCUT2D eigenvalue weighted by atomic mass is 9.76. The Morgan fingerprint density at radius 1 is 1.21 bits per heavy atom. The summed E-state index contributed by atoms with van der Waals surface area (Å²) in [5.74, 6) is 0.517. The highest BCUT2D eigenvalue weighted by Crippen LogP contribution is 2.50. The van der Waals surface area contributed by atoms with E-state index in [0.29, 0.717) is 6.42 Å². The predicted molar refractivity (Wildman–Crippen MR) is 94.5 cm³/mol. The molecular weight excluding hydrogens is 300 g/mol. The molecule has 4 heteroatoms. The molecule has 1 aliphatic carbocycles. The Morgan fingerprint density at radius 3 is 2.58 bits per heavy atom. The maximum Gasteiger partial charge on any atom is 0.227 e. The van der Waals surface area contributed by atoms with Crippen LogP contribution in [0.2, 0.25) is 0 Å².